The molecule has 0 saturated heterocycles. The second kappa shape index (κ2) is 6.06. The van der Waals surface area contributed by atoms with E-state index in [1.54, 1.807) is 4.88 Å². The van der Waals surface area contributed by atoms with Gasteiger partial charge in [0.05, 0.1) is 0 Å². The van der Waals surface area contributed by atoms with Crippen molar-refractivity contribution in [1.29, 1.82) is 0 Å². The quantitative estimate of drug-likeness (QED) is 0.796. The van der Waals surface area contributed by atoms with Gasteiger partial charge in [0.2, 0.25) is 0 Å². The van der Waals surface area contributed by atoms with Crippen molar-refractivity contribution in [2.24, 2.45) is 5.92 Å². The van der Waals surface area contributed by atoms with Crippen molar-refractivity contribution in [3.8, 4) is 0 Å². The molecular formula is C17H23NS. The van der Waals surface area contributed by atoms with E-state index in [0.29, 0.717) is 6.04 Å². The van der Waals surface area contributed by atoms with Gasteiger partial charge in [-0.15, -0.1) is 11.3 Å². The maximum absolute atomic E-state index is 3.80. The van der Waals surface area contributed by atoms with Crippen molar-refractivity contribution in [2.45, 2.75) is 45.1 Å². The van der Waals surface area contributed by atoms with Crippen LogP contribution in [0.4, 0.5) is 0 Å². The summed E-state index contributed by atoms with van der Waals surface area (Å²) in [7, 11) is 0. The van der Waals surface area contributed by atoms with Gasteiger partial charge in [-0.05, 0) is 49.2 Å². The normalized spacial score (nSPS) is 18.2. The summed E-state index contributed by atoms with van der Waals surface area (Å²) in [6.07, 6.45) is 6.85. The minimum atomic E-state index is 0.583. The molecule has 1 saturated carbocycles. The lowest BCUT2D eigenvalue weighted by molar-refractivity contribution is 0.373. The molecule has 0 amide bonds. The van der Waals surface area contributed by atoms with Crippen LogP contribution in [0.15, 0.2) is 30.3 Å². The molecule has 102 valence electrons. The van der Waals surface area contributed by atoms with Gasteiger partial charge in [0.15, 0.2) is 0 Å². The molecular weight excluding hydrogens is 250 g/mol. The predicted molar refractivity (Wildman–Crippen MR) is 84.8 cm³/mol. The molecule has 1 aromatic heterocycles. The van der Waals surface area contributed by atoms with Crippen LogP contribution in [0.5, 0.6) is 0 Å². The van der Waals surface area contributed by atoms with Gasteiger partial charge in [0, 0.05) is 15.6 Å². The van der Waals surface area contributed by atoms with Gasteiger partial charge in [-0.3, -0.25) is 0 Å². The first kappa shape index (κ1) is 13.1. The molecule has 0 bridgehead atoms. The van der Waals surface area contributed by atoms with Crippen molar-refractivity contribution >= 4 is 21.4 Å². The zero-order chi connectivity index (χ0) is 13.1. The number of fused-ring (bicyclic) bond motifs is 1. The van der Waals surface area contributed by atoms with Gasteiger partial charge in [0.1, 0.15) is 0 Å². The van der Waals surface area contributed by atoms with Crippen LogP contribution in [0.3, 0.4) is 0 Å². The Kier molecular flexibility index (Phi) is 4.19. The van der Waals surface area contributed by atoms with E-state index in [1.165, 1.54) is 42.2 Å². The Bertz CT molecular complexity index is 492. The average molecular weight is 273 g/mol. The molecule has 0 spiro atoms. The Morgan fingerprint density at radius 1 is 1.26 bits per heavy atom. The van der Waals surface area contributed by atoms with E-state index in [4.69, 9.17) is 0 Å². The third kappa shape index (κ3) is 2.85. The van der Waals surface area contributed by atoms with E-state index < -0.39 is 0 Å². The van der Waals surface area contributed by atoms with Gasteiger partial charge in [-0.25, -0.2) is 0 Å². The van der Waals surface area contributed by atoms with E-state index in [0.717, 1.165) is 12.5 Å². The molecule has 1 atom stereocenters. The minimum absolute atomic E-state index is 0.583. The minimum Gasteiger partial charge on any atom is -0.309 e. The Hall–Kier alpha value is -0.860. The second-order valence-corrected chi connectivity index (χ2v) is 6.78. The SMILES string of the molecule is CCCNC(c1cc2ccccc2s1)C1CCCC1. The van der Waals surface area contributed by atoms with Crippen molar-refractivity contribution in [3.05, 3.63) is 35.2 Å². The van der Waals surface area contributed by atoms with Crippen molar-refractivity contribution < 1.29 is 0 Å². The molecule has 19 heavy (non-hydrogen) atoms. The Morgan fingerprint density at radius 3 is 2.79 bits per heavy atom. The highest BCUT2D eigenvalue weighted by Gasteiger charge is 2.27. The van der Waals surface area contributed by atoms with Crippen molar-refractivity contribution in [3.63, 3.8) is 0 Å². The Morgan fingerprint density at radius 2 is 2.05 bits per heavy atom. The predicted octanol–water partition coefficient (Wildman–Crippen LogP) is 5.13. The maximum atomic E-state index is 3.80. The van der Waals surface area contributed by atoms with Gasteiger partial charge in [-0.1, -0.05) is 38.0 Å². The molecule has 1 N–H and O–H groups in total. The summed E-state index contributed by atoms with van der Waals surface area (Å²) < 4.78 is 1.43. The second-order valence-electron chi connectivity index (χ2n) is 5.66. The maximum Gasteiger partial charge on any atom is 0.0443 e. The number of nitrogens with one attached hydrogen (secondary N) is 1. The fourth-order valence-electron chi connectivity index (χ4n) is 3.25. The third-order valence-corrected chi connectivity index (χ3v) is 5.44. The zero-order valence-electron chi connectivity index (χ0n) is 11.7. The summed E-state index contributed by atoms with van der Waals surface area (Å²) in [4.78, 5) is 1.54. The highest BCUT2D eigenvalue weighted by Crippen LogP contribution is 2.39. The van der Waals surface area contributed by atoms with Gasteiger partial charge in [-0.2, -0.15) is 0 Å². The summed E-state index contributed by atoms with van der Waals surface area (Å²) in [5.74, 6) is 0.847. The smallest absolute Gasteiger partial charge is 0.0443 e. The molecule has 2 aromatic rings. The van der Waals surface area contributed by atoms with Crippen LogP contribution >= 0.6 is 11.3 Å². The van der Waals surface area contributed by atoms with Crippen LogP contribution in [-0.2, 0) is 0 Å². The number of benzene rings is 1. The first-order valence-electron chi connectivity index (χ1n) is 7.60. The van der Waals surface area contributed by atoms with Gasteiger partial charge < -0.3 is 5.32 Å². The molecule has 1 aliphatic carbocycles. The third-order valence-electron chi connectivity index (χ3n) is 4.24. The van der Waals surface area contributed by atoms with Crippen LogP contribution < -0.4 is 5.32 Å². The molecule has 1 aromatic carbocycles. The van der Waals surface area contributed by atoms with Crippen LogP contribution in [0, 0.1) is 5.92 Å². The first-order chi connectivity index (χ1) is 9.38. The lowest BCUT2D eigenvalue weighted by Crippen LogP contribution is -2.27. The summed E-state index contributed by atoms with van der Waals surface area (Å²) in [5.41, 5.74) is 0. The van der Waals surface area contributed by atoms with Crippen LogP contribution in [0.2, 0.25) is 0 Å². The van der Waals surface area contributed by atoms with E-state index in [-0.39, 0.29) is 0 Å². The fraction of sp³-hybridized carbons (Fsp3) is 0.529. The molecule has 2 heteroatoms. The number of rotatable bonds is 5. The van der Waals surface area contributed by atoms with Crippen molar-refractivity contribution in [2.75, 3.05) is 6.54 Å². The highest BCUT2D eigenvalue weighted by molar-refractivity contribution is 7.19. The molecule has 0 radical (unpaired) electrons. The van der Waals surface area contributed by atoms with E-state index in [1.807, 2.05) is 11.3 Å². The lowest BCUT2D eigenvalue weighted by atomic mass is 9.96. The largest absolute Gasteiger partial charge is 0.309 e. The van der Waals surface area contributed by atoms with E-state index in [2.05, 4.69) is 42.6 Å². The highest BCUT2D eigenvalue weighted by atomic mass is 32.1. The molecule has 0 aliphatic heterocycles. The first-order valence-corrected chi connectivity index (χ1v) is 8.42. The number of hydrogen-bond donors (Lipinski definition) is 1. The number of thiophene rings is 1. The van der Waals surface area contributed by atoms with Crippen molar-refractivity contribution in [1.82, 2.24) is 5.32 Å². The zero-order valence-corrected chi connectivity index (χ0v) is 12.5. The standard InChI is InChI=1S/C17H23NS/c1-2-11-18-17(13-7-3-4-8-13)16-12-14-9-5-6-10-15(14)19-16/h5-6,9-10,12-13,17-18H,2-4,7-8,11H2,1H3. The van der Waals surface area contributed by atoms with Gasteiger partial charge in [0.25, 0.3) is 0 Å². The topological polar surface area (TPSA) is 12.0 Å². The summed E-state index contributed by atoms with van der Waals surface area (Å²) >= 11 is 1.98. The van der Waals surface area contributed by atoms with Crippen LogP contribution in [0.1, 0.15) is 49.9 Å². The molecule has 1 fully saturated rings. The summed E-state index contributed by atoms with van der Waals surface area (Å²) in [6.45, 7) is 3.39. The van der Waals surface area contributed by atoms with Crippen LogP contribution in [-0.4, -0.2) is 6.54 Å². The van der Waals surface area contributed by atoms with Gasteiger partial charge >= 0.3 is 0 Å². The van der Waals surface area contributed by atoms with Crippen LogP contribution in [0.25, 0.3) is 10.1 Å². The number of hydrogen-bond acceptors (Lipinski definition) is 2. The summed E-state index contributed by atoms with van der Waals surface area (Å²) in [6, 6.07) is 11.8. The lowest BCUT2D eigenvalue weighted by Gasteiger charge is -2.23. The molecule has 3 rings (SSSR count). The molecule has 1 heterocycles. The van der Waals surface area contributed by atoms with E-state index >= 15 is 0 Å². The summed E-state index contributed by atoms with van der Waals surface area (Å²) in [5, 5.41) is 5.21. The monoisotopic (exact) mass is 273 g/mol. The average Bonchev–Trinajstić information content (AvgIpc) is 3.08. The fourth-order valence-corrected chi connectivity index (χ4v) is 4.48. The molecule has 1 nitrogen and oxygen atoms in total. The Labute approximate surface area is 120 Å². The Balaban J connectivity index is 1.88. The van der Waals surface area contributed by atoms with E-state index in [9.17, 15) is 0 Å². The molecule has 1 unspecified atom stereocenters. The molecule has 1 aliphatic rings.